The van der Waals surface area contributed by atoms with Gasteiger partial charge in [0.25, 0.3) is 0 Å². The third kappa shape index (κ3) is 3.94. The summed E-state index contributed by atoms with van der Waals surface area (Å²) >= 11 is 1.87. The number of aromatic nitrogens is 2. The summed E-state index contributed by atoms with van der Waals surface area (Å²) in [7, 11) is 0. The summed E-state index contributed by atoms with van der Waals surface area (Å²) in [4.78, 5) is 10.8. The van der Waals surface area contributed by atoms with Gasteiger partial charge in [-0.3, -0.25) is 0 Å². The monoisotopic (exact) mass is 702 g/mol. The summed E-state index contributed by atoms with van der Waals surface area (Å²) in [6.45, 7) is 0. The highest BCUT2D eigenvalue weighted by Gasteiger charge is 2.52. The summed E-state index contributed by atoms with van der Waals surface area (Å²) in [6.07, 6.45) is 0. The summed E-state index contributed by atoms with van der Waals surface area (Å²) in [6, 6.07) is 66.3. The third-order valence-corrected chi connectivity index (χ3v) is 13.0. The van der Waals surface area contributed by atoms with E-state index in [1.165, 1.54) is 75.8 Å². The standard InChI is InChI=1S/C51H30N2S/c1-6-21-41-34(13-1)35-14-2-7-22-42(35)51(41)43-23-8-3-16-38(43)47-40(20-12-24-44(47)51)50-52-45-25-9-4-17-39(45)48(53-50)32-29-27-31(28-30-32)33-18-11-19-37-36-15-5-10-26-46(36)54-49(33)37/h1-30H. The van der Waals surface area contributed by atoms with Crippen LogP contribution in [0, 0.1) is 0 Å². The van der Waals surface area contributed by atoms with Gasteiger partial charge in [-0.15, -0.1) is 11.3 Å². The molecular weight excluding hydrogens is 673 g/mol. The Morgan fingerprint density at radius 3 is 1.69 bits per heavy atom. The maximum Gasteiger partial charge on any atom is 0.161 e. The lowest BCUT2D eigenvalue weighted by Gasteiger charge is -2.30. The lowest BCUT2D eigenvalue weighted by Crippen LogP contribution is -2.25. The molecule has 8 aromatic carbocycles. The molecule has 2 aliphatic carbocycles. The van der Waals surface area contributed by atoms with Gasteiger partial charge in [-0.25, -0.2) is 9.97 Å². The number of hydrogen-bond acceptors (Lipinski definition) is 3. The Hall–Kier alpha value is -6.68. The van der Waals surface area contributed by atoms with E-state index in [1.54, 1.807) is 0 Å². The first-order chi connectivity index (χ1) is 26.8. The molecule has 0 saturated carbocycles. The number of rotatable bonds is 3. The van der Waals surface area contributed by atoms with Crippen molar-refractivity contribution in [2.45, 2.75) is 5.41 Å². The minimum atomic E-state index is -0.415. The summed E-state index contributed by atoms with van der Waals surface area (Å²) in [5.41, 5.74) is 16.4. The van der Waals surface area contributed by atoms with Gasteiger partial charge in [0.2, 0.25) is 0 Å². The minimum Gasteiger partial charge on any atom is -0.228 e. The molecule has 10 aromatic rings. The van der Waals surface area contributed by atoms with Crippen LogP contribution < -0.4 is 0 Å². The van der Waals surface area contributed by atoms with Crippen LogP contribution in [0.4, 0.5) is 0 Å². The zero-order valence-electron chi connectivity index (χ0n) is 29.1. The van der Waals surface area contributed by atoms with Crippen molar-refractivity contribution in [3.8, 4) is 56.0 Å². The maximum absolute atomic E-state index is 5.47. The van der Waals surface area contributed by atoms with Gasteiger partial charge in [0.1, 0.15) is 0 Å². The summed E-state index contributed by atoms with van der Waals surface area (Å²) < 4.78 is 2.64. The third-order valence-electron chi connectivity index (χ3n) is 11.7. The Balaban J connectivity index is 1.05. The van der Waals surface area contributed by atoms with Crippen molar-refractivity contribution in [3.05, 3.63) is 204 Å². The van der Waals surface area contributed by atoms with Crippen molar-refractivity contribution < 1.29 is 0 Å². The number of fused-ring (bicyclic) bond motifs is 14. The van der Waals surface area contributed by atoms with Crippen LogP contribution in [0.5, 0.6) is 0 Å². The highest BCUT2D eigenvalue weighted by Crippen LogP contribution is 2.63. The number of hydrogen-bond donors (Lipinski definition) is 0. The number of benzene rings is 8. The fourth-order valence-electron chi connectivity index (χ4n) is 9.53. The zero-order chi connectivity index (χ0) is 35.4. The molecule has 12 rings (SSSR count). The SMILES string of the molecule is c1ccc2c(c1)-c1ccccc1C21c2ccccc2-c2c(-c3nc(-c4ccc(-c5cccc6c5sc5ccccc56)cc4)c4ccccc4n3)cccc21. The second kappa shape index (κ2) is 11.2. The molecule has 0 saturated heterocycles. The Labute approximate surface area is 316 Å². The summed E-state index contributed by atoms with van der Waals surface area (Å²) in [5, 5.41) is 3.67. The number of nitrogens with zero attached hydrogens (tertiary/aromatic N) is 2. The lowest BCUT2D eigenvalue weighted by molar-refractivity contribution is 0.794. The van der Waals surface area contributed by atoms with E-state index in [-0.39, 0.29) is 0 Å². The Morgan fingerprint density at radius 1 is 0.370 bits per heavy atom. The van der Waals surface area contributed by atoms with Crippen LogP contribution in [-0.2, 0) is 5.41 Å². The van der Waals surface area contributed by atoms with Crippen LogP contribution in [0.2, 0.25) is 0 Å². The Bertz CT molecular complexity index is 3130. The zero-order valence-corrected chi connectivity index (χ0v) is 29.9. The fourth-order valence-corrected chi connectivity index (χ4v) is 10.8. The second-order valence-corrected chi connectivity index (χ2v) is 15.4. The molecule has 1 spiro atoms. The molecule has 0 amide bonds. The average Bonchev–Trinajstić information content (AvgIpc) is 3.88. The van der Waals surface area contributed by atoms with E-state index in [0.717, 1.165) is 33.5 Å². The van der Waals surface area contributed by atoms with E-state index in [0.29, 0.717) is 0 Å². The molecule has 0 fully saturated rings. The van der Waals surface area contributed by atoms with Crippen molar-refractivity contribution in [1.29, 1.82) is 0 Å². The smallest absolute Gasteiger partial charge is 0.161 e. The van der Waals surface area contributed by atoms with Crippen LogP contribution in [0.15, 0.2) is 182 Å². The maximum atomic E-state index is 5.47. The van der Waals surface area contributed by atoms with E-state index in [9.17, 15) is 0 Å². The first-order valence-corrected chi connectivity index (χ1v) is 19.3. The van der Waals surface area contributed by atoms with Crippen LogP contribution >= 0.6 is 11.3 Å². The van der Waals surface area contributed by atoms with E-state index in [4.69, 9.17) is 9.97 Å². The van der Waals surface area contributed by atoms with E-state index in [2.05, 4.69) is 182 Å². The quantitative estimate of drug-likeness (QED) is 0.183. The van der Waals surface area contributed by atoms with Crippen LogP contribution in [0.1, 0.15) is 22.3 Å². The second-order valence-electron chi connectivity index (χ2n) is 14.4. The predicted molar refractivity (Wildman–Crippen MR) is 225 cm³/mol. The highest BCUT2D eigenvalue weighted by atomic mass is 32.1. The van der Waals surface area contributed by atoms with Gasteiger partial charge in [0.15, 0.2) is 5.82 Å². The highest BCUT2D eigenvalue weighted by molar-refractivity contribution is 7.26. The molecule has 2 heterocycles. The summed E-state index contributed by atoms with van der Waals surface area (Å²) in [5.74, 6) is 0.742. The van der Waals surface area contributed by atoms with Crippen LogP contribution in [0.25, 0.3) is 87.1 Å². The van der Waals surface area contributed by atoms with Crippen LogP contribution in [-0.4, -0.2) is 9.97 Å². The molecule has 0 bridgehead atoms. The van der Waals surface area contributed by atoms with Crippen molar-refractivity contribution in [3.63, 3.8) is 0 Å². The van der Waals surface area contributed by atoms with Crippen molar-refractivity contribution in [2.75, 3.05) is 0 Å². The van der Waals surface area contributed by atoms with Gasteiger partial charge in [0.05, 0.1) is 16.6 Å². The molecule has 0 N–H and O–H groups in total. The molecule has 0 aliphatic heterocycles. The van der Waals surface area contributed by atoms with Gasteiger partial charge < -0.3 is 0 Å². The molecular formula is C51H30N2S. The largest absolute Gasteiger partial charge is 0.228 e. The molecule has 2 aromatic heterocycles. The van der Waals surface area contributed by atoms with Gasteiger partial charge in [-0.1, -0.05) is 170 Å². The van der Waals surface area contributed by atoms with Gasteiger partial charge in [0, 0.05) is 36.7 Å². The molecule has 54 heavy (non-hydrogen) atoms. The minimum absolute atomic E-state index is 0.415. The van der Waals surface area contributed by atoms with E-state index in [1.807, 2.05) is 11.3 Å². The van der Waals surface area contributed by atoms with E-state index >= 15 is 0 Å². The fraction of sp³-hybridized carbons (Fsp3) is 0.0196. The van der Waals surface area contributed by atoms with Gasteiger partial charge in [-0.2, -0.15) is 0 Å². The molecule has 0 unspecified atom stereocenters. The first-order valence-electron chi connectivity index (χ1n) is 18.5. The van der Waals surface area contributed by atoms with Gasteiger partial charge >= 0.3 is 0 Å². The topological polar surface area (TPSA) is 25.8 Å². The van der Waals surface area contributed by atoms with Gasteiger partial charge in [-0.05, 0) is 67.8 Å². The predicted octanol–water partition coefficient (Wildman–Crippen LogP) is 13.3. The Morgan fingerprint density at radius 2 is 0.907 bits per heavy atom. The average molecular weight is 703 g/mol. The number of thiophene rings is 1. The lowest BCUT2D eigenvalue weighted by atomic mass is 9.70. The normalized spacial score (nSPS) is 13.3. The van der Waals surface area contributed by atoms with Crippen molar-refractivity contribution >= 4 is 42.4 Å². The molecule has 2 aliphatic rings. The van der Waals surface area contributed by atoms with Crippen molar-refractivity contribution in [1.82, 2.24) is 9.97 Å². The molecule has 250 valence electrons. The molecule has 2 nitrogen and oxygen atoms in total. The Kier molecular flexibility index (Phi) is 6.17. The van der Waals surface area contributed by atoms with Crippen LogP contribution in [0.3, 0.4) is 0 Å². The van der Waals surface area contributed by atoms with Crippen molar-refractivity contribution in [2.24, 2.45) is 0 Å². The molecule has 3 heteroatoms. The molecule has 0 atom stereocenters. The number of para-hydroxylation sites is 1. The molecule has 0 radical (unpaired) electrons. The van der Waals surface area contributed by atoms with E-state index < -0.39 is 5.41 Å². The first kappa shape index (κ1) is 29.9.